The quantitative estimate of drug-likeness (QED) is 0.775. The normalized spacial score (nSPS) is 12.0. The van der Waals surface area contributed by atoms with Gasteiger partial charge in [0, 0.05) is 0 Å². The maximum atomic E-state index is 12.2. The first-order valence-electron chi connectivity index (χ1n) is 5.34. The van der Waals surface area contributed by atoms with E-state index in [1.54, 1.807) is 29.1 Å². The third-order valence-corrected chi connectivity index (χ3v) is 5.05. The molecule has 0 saturated heterocycles. The lowest BCUT2D eigenvalue weighted by Gasteiger charge is -2.08. The van der Waals surface area contributed by atoms with Gasteiger partial charge in [-0.3, -0.25) is 5.87 Å². The maximum absolute atomic E-state index is 12.2. The summed E-state index contributed by atoms with van der Waals surface area (Å²) in [4.78, 5) is 1.81. The Morgan fingerprint density at radius 3 is 2.44 bits per heavy atom. The van der Waals surface area contributed by atoms with Gasteiger partial charge in [0.05, 0.1) is 9.80 Å². The van der Waals surface area contributed by atoms with Crippen LogP contribution >= 0.6 is 15.9 Å². The summed E-state index contributed by atoms with van der Waals surface area (Å²) in [6.45, 7) is 1.87. The lowest BCUT2D eigenvalue weighted by Crippen LogP contribution is -2.05. The largest absolute Gasteiger partial charge is 0.762 e. The molecule has 0 spiro atoms. The molecule has 5 heteroatoms. The van der Waals surface area contributed by atoms with Gasteiger partial charge >= 0.3 is 0 Å². The van der Waals surface area contributed by atoms with Crippen molar-refractivity contribution in [2.45, 2.75) is 24.7 Å². The van der Waals surface area contributed by atoms with Crippen LogP contribution in [-0.2, 0) is 9.84 Å². The van der Waals surface area contributed by atoms with E-state index in [0.29, 0.717) is 6.42 Å². The Balaban J connectivity index is 3.00. The summed E-state index contributed by atoms with van der Waals surface area (Å²) in [6.07, 6.45) is 0.766. The number of allylic oxidation sites excluding steroid dienone is 2. The predicted molar refractivity (Wildman–Crippen MR) is 77.4 cm³/mol. The van der Waals surface area contributed by atoms with Crippen LogP contribution in [0.4, 0.5) is 0 Å². The highest BCUT2D eigenvalue weighted by Crippen LogP contribution is 2.22. The highest BCUT2D eigenvalue weighted by Gasteiger charge is 2.18. The Morgan fingerprint density at radius 2 is 1.94 bits per heavy atom. The van der Waals surface area contributed by atoms with Gasteiger partial charge in [-0.2, -0.15) is 0 Å². The molecule has 96 valence electrons. The summed E-state index contributed by atoms with van der Waals surface area (Å²) in [5.74, 6) is 1.81. The first kappa shape index (κ1) is 14.9. The summed E-state index contributed by atoms with van der Waals surface area (Å²) in [7, 11) is -3.64. The minimum absolute atomic E-state index is 0.0950. The number of rotatable bonds is 5. The van der Waals surface area contributed by atoms with E-state index >= 15 is 0 Å². The predicted octanol–water partition coefficient (Wildman–Crippen LogP) is 3.66. The van der Waals surface area contributed by atoms with Crippen LogP contribution in [0.2, 0.25) is 0 Å². The van der Waals surface area contributed by atoms with E-state index in [1.165, 1.54) is 12.1 Å². The highest BCUT2D eigenvalue weighted by atomic mass is 79.9. The number of nitrogens with zero attached hydrogens (tertiary/aromatic N) is 1. The van der Waals surface area contributed by atoms with Crippen molar-refractivity contribution in [3.63, 3.8) is 0 Å². The number of benzene rings is 1. The van der Waals surface area contributed by atoms with Gasteiger partial charge in [0.2, 0.25) is 9.84 Å². The lowest BCUT2D eigenvalue weighted by molar-refractivity contribution is 0.600. The molecule has 1 aromatic rings. The van der Waals surface area contributed by atoms with Crippen molar-refractivity contribution in [2.75, 3.05) is 0 Å². The summed E-state index contributed by atoms with van der Waals surface area (Å²) in [5.41, 5.74) is 0.992. The number of sulfone groups is 1. The molecule has 0 saturated carbocycles. The molecule has 0 unspecified atom stereocenters. The molecule has 0 amide bonds. The van der Waals surface area contributed by atoms with Crippen LogP contribution in [0, 0.1) is 0 Å². The van der Waals surface area contributed by atoms with Crippen molar-refractivity contribution in [2.24, 2.45) is 0 Å². The van der Waals surface area contributed by atoms with Gasteiger partial charge < -0.3 is 5.41 Å². The van der Waals surface area contributed by atoms with Crippen LogP contribution < -0.4 is 0 Å². The molecular weight excluding hydrogens is 314 g/mol. The van der Waals surface area contributed by atoms with E-state index < -0.39 is 9.84 Å². The molecule has 0 aliphatic heterocycles. The van der Waals surface area contributed by atoms with E-state index in [-0.39, 0.29) is 16.2 Å². The Bertz CT molecular complexity index is 585. The molecular formula is C13H13BrNO2S-. The Hall–Kier alpha value is -1.16. The van der Waals surface area contributed by atoms with Crippen molar-refractivity contribution < 1.29 is 8.42 Å². The minimum atomic E-state index is -3.64. The molecule has 0 atom stereocenters. The van der Waals surface area contributed by atoms with Crippen LogP contribution in [0.1, 0.15) is 19.8 Å². The molecule has 0 radical (unpaired) electrons. The second-order valence-electron chi connectivity index (χ2n) is 3.81. The van der Waals surface area contributed by atoms with Gasteiger partial charge in [0.15, 0.2) is 0 Å². The number of hydrogen-bond donors (Lipinski definition) is 0. The third-order valence-electron chi connectivity index (χ3n) is 2.44. The topological polar surface area (TPSA) is 56.4 Å². The molecule has 0 heterocycles. The second kappa shape index (κ2) is 6.69. The molecule has 3 nitrogen and oxygen atoms in total. The first-order valence-corrected chi connectivity index (χ1v) is 7.74. The zero-order valence-electron chi connectivity index (χ0n) is 9.93. The Morgan fingerprint density at radius 1 is 1.33 bits per heavy atom. The fraction of sp³-hybridized carbons (Fsp3) is 0.231. The van der Waals surface area contributed by atoms with Crippen LogP contribution in [0.5, 0.6) is 0 Å². The lowest BCUT2D eigenvalue weighted by atomic mass is 10.2. The van der Waals surface area contributed by atoms with E-state index in [0.717, 1.165) is 5.57 Å². The van der Waals surface area contributed by atoms with Gasteiger partial charge in [-0.25, -0.2) is 8.42 Å². The SMILES string of the molecule is C/C(=C\Br)CCC(=C=[N-])S(=O)(=O)c1ccccc1. The van der Waals surface area contributed by atoms with Gasteiger partial charge in [0.1, 0.15) is 0 Å². The van der Waals surface area contributed by atoms with Crippen LogP contribution in [0.3, 0.4) is 0 Å². The average molecular weight is 327 g/mol. The second-order valence-corrected chi connectivity index (χ2v) is 6.24. The molecule has 0 aliphatic rings. The molecule has 0 fully saturated rings. The molecule has 18 heavy (non-hydrogen) atoms. The molecule has 0 aliphatic carbocycles. The van der Waals surface area contributed by atoms with E-state index in [1.807, 2.05) is 6.92 Å². The van der Waals surface area contributed by atoms with Gasteiger partial charge in [-0.1, -0.05) is 39.7 Å². The van der Waals surface area contributed by atoms with Crippen molar-refractivity contribution in [3.05, 3.63) is 51.2 Å². The molecule has 0 aromatic heterocycles. The first-order chi connectivity index (χ1) is 8.52. The van der Waals surface area contributed by atoms with Gasteiger partial charge in [0.25, 0.3) is 0 Å². The standard InChI is InChI=1S/C13H13BrNO2S/c1-11(9-14)7-8-13(10-15)18(16,17)12-5-3-2-4-6-12/h2-6,9H,7-8H2,1H3/q-1/b11-9+. The zero-order chi connectivity index (χ0) is 13.6. The zero-order valence-corrected chi connectivity index (χ0v) is 12.3. The molecule has 1 aromatic carbocycles. The smallest absolute Gasteiger partial charge is 0.208 e. The van der Waals surface area contributed by atoms with Gasteiger partial charge in [-0.05, 0) is 36.9 Å². The maximum Gasteiger partial charge on any atom is 0.208 e. The third kappa shape index (κ3) is 3.67. The van der Waals surface area contributed by atoms with Crippen LogP contribution in [0.15, 0.2) is 50.7 Å². The van der Waals surface area contributed by atoms with E-state index in [4.69, 9.17) is 5.41 Å². The summed E-state index contributed by atoms with van der Waals surface area (Å²) in [5, 5.41) is 9.01. The van der Waals surface area contributed by atoms with E-state index in [9.17, 15) is 8.42 Å². The van der Waals surface area contributed by atoms with Crippen molar-refractivity contribution in [1.82, 2.24) is 0 Å². The van der Waals surface area contributed by atoms with Crippen LogP contribution in [-0.4, -0.2) is 14.3 Å². The fourth-order valence-corrected chi connectivity index (χ4v) is 2.88. The highest BCUT2D eigenvalue weighted by molar-refractivity contribution is 9.11. The van der Waals surface area contributed by atoms with Crippen molar-refractivity contribution in [3.8, 4) is 0 Å². The summed E-state index contributed by atoms with van der Waals surface area (Å²) >= 11 is 3.18. The van der Waals surface area contributed by atoms with Gasteiger partial charge in [-0.15, -0.1) is 0 Å². The number of halogens is 1. The van der Waals surface area contributed by atoms with Crippen molar-refractivity contribution >= 4 is 31.6 Å². The Kier molecular flexibility index (Phi) is 5.54. The fourth-order valence-electron chi connectivity index (χ4n) is 1.36. The average Bonchev–Trinajstić information content (AvgIpc) is 2.39. The molecule has 0 bridgehead atoms. The molecule has 1 rings (SSSR count). The number of hydrogen-bond acceptors (Lipinski definition) is 2. The summed E-state index contributed by atoms with van der Waals surface area (Å²) < 4.78 is 24.3. The van der Waals surface area contributed by atoms with E-state index in [2.05, 4.69) is 15.9 Å². The monoisotopic (exact) mass is 326 g/mol. The molecule has 0 N–H and O–H groups in total. The summed E-state index contributed by atoms with van der Waals surface area (Å²) in [6, 6.07) is 8.03. The van der Waals surface area contributed by atoms with Crippen LogP contribution in [0.25, 0.3) is 5.41 Å². The Labute approximate surface area is 116 Å². The van der Waals surface area contributed by atoms with Crippen molar-refractivity contribution in [1.29, 1.82) is 0 Å². The minimum Gasteiger partial charge on any atom is -0.762 e.